The molecule has 92 valence electrons. The molecule has 0 spiro atoms. The van der Waals surface area contributed by atoms with Gasteiger partial charge in [-0.2, -0.15) is 0 Å². The molecule has 1 aromatic heterocycles. The standard InChI is InChI=1S/C12H10N2O3S/c15-11-7(6-13-12(18)14-11)5-10-16-8-3-1-2-4-9(8)17-10/h1-4,6,10H,5H2,(H2,13,14,15,18). The van der Waals surface area contributed by atoms with E-state index in [1.807, 2.05) is 24.3 Å². The summed E-state index contributed by atoms with van der Waals surface area (Å²) in [5, 5.41) is 0. The minimum atomic E-state index is -0.479. The number of aromatic amines is 2. The third-order valence-electron chi connectivity index (χ3n) is 2.65. The van der Waals surface area contributed by atoms with Crippen molar-refractivity contribution in [2.24, 2.45) is 0 Å². The average molecular weight is 262 g/mol. The van der Waals surface area contributed by atoms with E-state index in [0.717, 1.165) is 0 Å². The lowest BCUT2D eigenvalue weighted by Gasteiger charge is -2.09. The van der Waals surface area contributed by atoms with Crippen LogP contribution in [0.1, 0.15) is 5.56 Å². The van der Waals surface area contributed by atoms with E-state index in [-0.39, 0.29) is 5.56 Å². The van der Waals surface area contributed by atoms with Crippen molar-refractivity contribution in [1.82, 2.24) is 9.97 Å². The van der Waals surface area contributed by atoms with Gasteiger partial charge in [-0.05, 0) is 24.4 Å². The van der Waals surface area contributed by atoms with Crippen LogP contribution in [-0.2, 0) is 6.42 Å². The van der Waals surface area contributed by atoms with Gasteiger partial charge in [0.1, 0.15) is 0 Å². The molecule has 0 saturated heterocycles. The van der Waals surface area contributed by atoms with E-state index in [9.17, 15) is 4.79 Å². The topological polar surface area (TPSA) is 67.1 Å². The van der Waals surface area contributed by atoms with E-state index in [0.29, 0.717) is 28.3 Å². The zero-order chi connectivity index (χ0) is 12.5. The SMILES string of the molecule is O=c1[nH]c(=S)[nH]cc1CC1Oc2ccccc2O1. The molecule has 2 heterocycles. The second kappa shape index (κ2) is 4.30. The number of fused-ring (bicyclic) bond motifs is 1. The molecule has 3 rings (SSSR count). The Kier molecular flexibility index (Phi) is 2.64. The number of para-hydroxylation sites is 2. The molecule has 5 nitrogen and oxygen atoms in total. The van der Waals surface area contributed by atoms with Crippen LogP contribution >= 0.6 is 12.2 Å². The van der Waals surface area contributed by atoms with Crippen LogP contribution in [0, 0.1) is 4.77 Å². The van der Waals surface area contributed by atoms with Gasteiger partial charge < -0.3 is 14.5 Å². The van der Waals surface area contributed by atoms with Crippen LogP contribution in [0.3, 0.4) is 0 Å². The molecule has 0 saturated carbocycles. The highest BCUT2D eigenvalue weighted by atomic mass is 32.1. The maximum Gasteiger partial charge on any atom is 0.255 e. The molecule has 1 aromatic carbocycles. The summed E-state index contributed by atoms with van der Waals surface area (Å²) in [5.74, 6) is 1.39. The Bertz CT molecular complexity index is 667. The van der Waals surface area contributed by atoms with Crippen LogP contribution in [-0.4, -0.2) is 16.3 Å². The molecule has 18 heavy (non-hydrogen) atoms. The predicted molar refractivity (Wildman–Crippen MR) is 67.4 cm³/mol. The van der Waals surface area contributed by atoms with E-state index < -0.39 is 6.29 Å². The summed E-state index contributed by atoms with van der Waals surface area (Å²) in [4.78, 5) is 17.0. The quantitative estimate of drug-likeness (QED) is 0.809. The first-order valence-electron chi connectivity index (χ1n) is 5.45. The Balaban J connectivity index is 1.80. The van der Waals surface area contributed by atoms with Crippen molar-refractivity contribution in [2.45, 2.75) is 12.7 Å². The van der Waals surface area contributed by atoms with Crippen molar-refractivity contribution >= 4 is 12.2 Å². The lowest BCUT2D eigenvalue weighted by atomic mass is 10.2. The van der Waals surface area contributed by atoms with Gasteiger partial charge in [0.15, 0.2) is 16.3 Å². The van der Waals surface area contributed by atoms with E-state index in [1.54, 1.807) is 6.20 Å². The summed E-state index contributed by atoms with van der Waals surface area (Å²) in [5.41, 5.74) is 0.323. The molecule has 0 aliphatic carbocycles. The van der Waals surface area contributed by atoms with Crippen molar-refractivity contribution in [2.75, 3.05) is 0 Å². The van der Waals surface area contributed by atoms with Gasteiger partial charge in [0.2, 0.25) is 6.29 Å². The highest BCUT2D eigenvalue weighted by molar-refractivity contribution is 7.71. The molecule has 0 radical (unpaired) electrons. The van der Waals surface area contributed by atoms with Crippen LogP contribution in [0.2, 0.25) is 0 Å². The first-order chi connectivity index (χ1) is 8.72. The second-order valence-electron chi connectivity index (χ2n) is 3.91. The van der Waals surface area contributed by atoms with E-state index >= 15 is 0 Å². The normalized spacial score (nSPS) is 13.8. The van der Waals surface area contributed by atoms with Crippen LogP contribution in [0.15, 0.2) is 35.3 Å². The van der Waals surface area contributed by atoms with Crippen molar-refractivity contribution < 1.29 is 9.47 Å². The number of nitrogens with one attached hydrogen (secondary N) is 2. The predicted octanol–water partition coefficient (Wildman–Crippen LogP) is 1.77. The third kappa shape index (κ3) is 2.02. The van der Waals surface area contributed by atoms with E-state index in [2.05, 4.69) is 9.97 Å². The van der Waals surface area contributed by atoms with Gasteiger partial charge in [0, 0.05) is 11.8 Å². The maximum atomic E-state index is 11.6. The Morgan fingerprint density at radius 1 is 1.22 bits per heavy atom. The summed E-state index contributed by atoms with van der Waals surface area (Å²) >= 11 is 4.83. The summed E-state index contributed by atoms with van der Waals surface area (Å²) in [6.07, 6.45) is 1.46. The molecule has 0 fully saturated rings. The molecule has 1 aliphatic rings. The highest BCUT2D eigenvalue weighted by Gasteiger charge is 2.24. The van der Waals surface area contributed by atoms with E-state index in [4.69, 9.17) is 21.7 Å². The second-order valence-corrected chi connectivity index (χ2v) is 4.32. The molecular formula is C12H10N2O3S. The van der Waals surface area contributed by atoms with Crippen LogP contribution < -0.4 is 15.0 Å². The smallest absolute Gasteiger partial charge is 0.255 e. The Hall–Kier alpha value is -2.08. The number of H-pyrrole nitrogens is 2. The number of benzene rings is 1. The minimum Gasteiger partial charge on any atom is -0.451 e. The zero-order valence-electron chi connectivity index (χ0n) is 9.30. The minimum absolute atomic E-state index is 0.220. The van der Waals surface area contributed by atoms with Crippen LogP contribution in [0.5, 0.6) is 11.5 Å². The summed E-state index contributed by atoms with van der Waals surface area (Å²) in [6, 6.07) is 7.41. The Labute approximate surface area is 107 Å². The molecular weight excluding hydrogens is 252 g/mol. The number of hydrogen-bond acceptors (Lipinski definition) is 4. The lowest BCUT2D eigenvalue weighted by molar-refractivity contribution is 0.0499. The molecule has 0 atom stereocenters. The molecule has 0 bridgehead atoms. The van der Waals surface area contributed by atoms with Crippen molar-refractivity contribution in [3.05, 3.63) is 51.2 Å². The van der Waals surface area contributed by atoms with Crippen molar-refractivity contribution in [3.8, 4) is 11.5 Å². The Morgan fingerprint density at radius 3 is 2.50 bits per heavy atom. The Morgan fingerprint density at radius 2 is 1.89 bits per heavy atom. The fourth-order valence-electron chi connectivity index (χ4n) is 1.80. The van der Waals surface area contributed by atoms with Gasteiger partial charge in [0.05, 0.1) is 6.42 Å². The molecule has 6 heteroatoms. The van der Waals surface area contributed by atoms with Gasteiger partial charge in [-0.25, -0.2) is 0 Å². The monoisotopic (exact) mass is 262 g/mol. The van der Waals surface area contributed by atoms with Crippen LogP contribution in [0.25, 0.3) is 0 Å². The first-order valence-corrected chi connectivity index (χ1v) is 5.86. The highest BCUT2D eigenvalue weighted by Crippen LogP contribution is 2.34. The van der Waals surface area contributed by atoms with Gasteiger partial charge in [-0.15, -0.1) is 0 Å². The van der Waals surface area contributed by atoms with Crippen LogP contribution in [0.4, 0.5) is 0 Å². The largest absolute Gasteiger partial charge is 0.451 e. The van der Waals surface area contributed by atoms with Crippen molar-refractivity contribution in [3.63, 3.8) is 0 Å². The number of aromatic nitrogens is 2. The lowest BCUT2D eigenvalue weighted by Crippen LogP contribution is -2.25. The van der Waals surface area contributed by atoms with Crippen molar-refractivity contribution in [1.29, 1.82) is 0 Å². The number of ether oxygens (including phenoxy) is 2. The summed E-state index contributed by atoms with van der Waals surface area (Å²) < 4.78 is 11.5. The van der Waals surface area contributed by atoms with E-state index in [1.165, 1.54) is 0 Å². The van der Waals surface area contributed by atoms with Gasteiger partial charge >= 0.3 is 0 Å². The van der Waals surface area contributed by atoms with Gasteiger partial charge in [-0.3, -0.25) is 9.78 Å². The molecule has 2 N–H and O–H groups in total. The van der Waals surface area contributed by atoms with Gasteiger partial charge in [-0.1, -0.05) is 12.1 Å². The maximum absolute atomic E-state index is 11.6. The zero-order valence-corrected chi connectivity index (χ0v) is 10.1. The number of hydrogen-bond donors (Lipinski definition) is 2. The fourth-order valence-corrected chi connectivity index (χ4v) is 1.96. The summed E-state index contributed by atoms with van der Waals surface area (Å²) in [6.45, 7) is 0. The molecule has 2 aromatic rings. The average Bonchev–Trinajstić information content (AvgIpc) is 2.75. The molecule has 1 aliphatic heterocycles. The first kappa shape index (κ1) is 11.0. The van der Waals surface area contributed by atoms with Gasteiger partial charge in [0.25, 0.3) is 5.56 Å². The molecule has 0 amide bonds. The summed E-state index contributed by atoms with van der Waals surface area (Å²) in [7, 11) is 0. The fraction of sp³-hybridized carbons (Fsp3) is 0.167. The third-order valence-corrected chi connectivity index (χ3v) is 2.87. The number of rotatable bonds is 2. The molecule has 0 unspecified atom stereocenters.